The Morgan fingerprint density at radius 2 is 1.81 bits per heavy atom. The first-order valence-electron chi connectivity index (χ1n) is 10.3. The van der Waals surface area contributed by atoms with Gasteiger partial charge in [0.15, 0.2) is 0 Å². The summed E-state index contributed by atoms with van der Waals surface area (Å²) in [4.78, 5) is 9.12. The maximum Gasteiger partial charge on any atom is 0.573 e. The second-order valence-corrected chi connectivity index (χ2v) is 8.16. The van der Waals surface area contributed by atoms with Crippen molar-refractivity contribution in [2.45, 2.75) is 45.0 Å². The Labute approximate surface area is 189 Å². The van der Waals surface area contributed by atoms with Crippen LogP contribution in [0.5, 0.6) is 5.75 Å². The van der Waals surface area contributed by atoms with E-state index in [0.29, 0.717) is 28.0 Å². The van der Waals surface area contributed by atoms with Gasteiger partial charge in [-0.15, -0.1) is 13.2 Å². The standard InChI is InChI=1S/C23H22ClF3N4O/c1-14-9-10-17(12-19(14)24)28-21-13-20(30-22(31-21)29-16-6-2-3-7-16)15-5-4-8-18(11-15)32-23(25,26)27/h4-5,8-13,16H,2-3,6-7H2,1H3,(H2,28,29,30,31). The number of hydrogen-bond acceptors (Lipinski definition) is 5. The Balaban J connectivity index is 1.68. The molecule has 1 fully saturated rings. The number of rotatable bonds is 6. The molecule has 0 atom stereocenters. The van der Waals surface area contributed by atoms with Gasteiger partial charge in [0.2, 0.25) is 5.95 Å². The largest absolute Gasteiger partial charge is 0.573 e. The molecule has 5 nitrogen and oxygen atoms in total. The highest BCUT2D eigenvalue weighted by atomic mass is 35.5. The fraction of sp³-hybridized carbons (Fsp3) is 0.304. The van der Waals surface area contributed by atoms with Crippen LogP contribution in [0.1, 0.15) is 31.2 Å². The van der Waals surface area contributed by atoms with Crippen LogP contribution in [-0.2, 0) is 0 Å². The molecule has 0 spiro atoms. The minimum atomic E-state index is -4.77. The van der Waals surface area contributed by atoms with E-state index >= 15 is 0 Å². The summed E-state index contributed by atoms with van der Waals surface area (Å²) in [5.41, 5.74) is 2.64. The lowest BCUT2D eigenvalue weighted by Gasteiger charge is -2.16. The summed E-state index contributed by atoms with van der Waals surface area (Å²) in [6.45, 7) is 1.91. The molecule has 0 amide bonds. The van der Waals surface area contributed by atoms with Gasteiger partial charge >= 0.3 is 6.36 Å². The lowest BCUT2D eigenvalue weighted by atomic mass is 10.1. The monoisotopic (exact) mass is 462 g/mol. The Hall–Kier alpha value is -3.00. The maximum atomic E-state index is 12.7. The number of aryl methyl sites for hydroxylation is 1. The maximum absolute atomic E-state index is 12.7. The average molecular weight is 463 g/mol. The third-order valence-electron chi connectivity index (χ3n) is 5.22. The van der Waals surface area contributed by atoms with Crippen molar-refractivity contribution in [3.63, 3.8) is 0 Å². The SMILES string of the molecule is Cc1ccc(Nc2cc(-c3cccc(OC(F)(F)F)c3)nc(NC3CCCC3)n2)cc1Cl. The summed E-state index contributed by atoms with van der Waals surface area (Å²) in [5.74, 6) is 0.605. The Kier molecular flexibility index (Phi) is 6.41. The van der Waals surface area contributed by atoms with Gasteiger partial charge in [-0.3, -0.25) is 0 Å². The summed E-state index contributed by atoms with van der Waals surface area (Å²) < 4.78 is 42.0. The number of benzene rings is 2. The van der Waals surface area contributed by atoms with Crippen molar-refractivity contribution in [1.82, 2.24) is 9.97 Å². The topological polar surface area (TPSA) is 59.1 Å². The number of halogens is 4. The molecule has 1 aliphatic rings. The van der Waals surface area contributed by atoms with Crippen LogP contribution in [0, 0.1) is 6.92 Å². The van der Waals surface area contributed by atoms with Gasteiger partial charge in [0.05, 0.1) is 5.69 Å². The molecule has 2 aromatic carbocycles. The van der Waals surface area contributed by atoms with Crippen LogP contribution in [-0.4, -0.2) is 22.4 Å². The molecule has 4 rings (SSSR count). The highest BCUT2D eigenvalue weighted by Crippen LogP contribution is 2.31. The van der Waals surface area contributed by atoms with Crippen LogP contribution >= 0.6 is 11.6 Å². The fourth-order valence-electron chi connectivity index (χ4n) is 3.65. The second-order valence-electron chi connectivity index (χ2n) is 7.75. The molecule has 1 aromatic heterocycles. The van der Waals surface area contributed by atoms with Gasteiger partial charge in [-0.2, -0.15) is 4.98 Å². The Morgan fingerprint density at radius 3 is 2.53 bits per heavy atom. The van der Waals surface area contributed by atoms with Gasteiger partial charge in [-0.1, -0.05) is 42.6 Å². The molecule has 0 radical (unpaired) electrons. The van der Waals surface area contributed by atoms with Gasteiger partial charge < -0.3 is 15.4 Å². The molecule has 9 heteroatoms. The molecule has 32 heavy (non-hydrogen) atoms. The fourth-order valence-corrected chi connectivity index (χ4v) is 3.83. The molecule has 0 bridgehead atoms. The molecular weight excluding hydrogens is 441 g/mol. The van der Waals surface area contributed by atoms with Gasteiger partial charge in [0.25, 0.3) is 0 Å². The molecule has 1 saturated carbocycles. The number of anilines is 3. The van der Waals surface area contributed by atoms with Crippen LogP contribution in [0.4, 0.5) is 30.6 Å². The van der Waals surface area contributed by atoms with Crippen LogP contribution in [0.2, 0.25) is 5.02 Å². The van der Waals surface area contributed by atoms with E-state index in [4.69, 9.17) is 11.6 Å². The third-order valence-corrected chi connectivity index (χ3v) is 5.63. The smallest absolute Gasteiger partial charge is 0.406 e. The predicted octanol–water partition coefficient (Wildman–Crippen LogP) is 7.10. The summed E-state index contributed by atoms with van der Waals surface area (Å²) in [6, 6.07) is 13.2. The summed E-state index contributed by atoms with van der Waals surface area (Å²) in [7, 11) is 0. The number of hydrogen-bond donors (Lipinski definition) is 2. The van der Waals surface area contributed by atoms with Crippen molar-refractivity contribution in [3.8, 4) is 17.0 Å². The second kappa shape index (κ2) is 9.24. The van der Waals surface area contributed by atoms with Crippen LogP contribution in [0.15, 0.2) is 48.5 Å². The molecule has 0 unspecified atom stereocenters. The van der Waals surface area contributed by atoms with E-state index < -0.39 is 6.36 Å². The first-order chi connectivity index (χ1) is 15.2. The zero-order valence-corrected chi connectivity index (χ0v) is 18.1. The van der Waals surface area contributed by atoms with E-state index in [1.54, 1.807) is 18.2 Å². The lowest BCUT2D eigenvalue weighted by molar-refractivity contribution is -0.274. The summed E-state index contributed by atoms with van der Waals surface area (Å²) in [5, 5.41) is 7.18. The Morgan fingerprint density at radius 1 is 1.03 bits per heavy atom. The van der Waals surface area contributed by atoms with E-state index in [0.717, 1.165) is 36.9 Å². The molecule has 0 saturated heterocycles. The Bertz CT molecular complexity index is 1100. The van der Waals surface area contributed by atoms with Crippen molar-refractivity contribution < 1.29 is 17.9 Å². The minimum absolute atomic E-state index is 0.270. The van der Waals surface area contributed by atoms with E-state index in [2.05, 4.69) is 25.3 Å². The summed E-state index contributed by atoms with van der Waals surface area (Å²) >= 11 is 6.23. The zero-order chi connectivity index (χ0) is 22.7. The van der Waals surface area contributed by atoms with Crippen LogP contribution in [0.25, 0.3) is 11.3 Å². The molecule has 2 N–H and O–H groups in total. The highest BCUT2D eigenvalue weighted by molar-refractivity contribution is 6.31. The molecule has 1 aliphatic carbocycles. The molecule has 0 aliphatic heterocycles. The number of nitrogens with one attached hydrogen (secondary N) is 2. The highest BCUT2D eigenvalue weighted by Gasteiger charge is 2.31. The van der Waals surface area contributed by atoms with Crippen LogP contribution in [0.3, 0.4) is 0 Å². The van der Waals surface area contributed by atoms with Crippen molar-refractivity contribution in [2.75, 3.05) is 10.6 Å². The van der Waals surface area contributed by atoms with Gasteiger partial charge in [-0.25, -0.2) is 4.98 Å². The van der Waals surface area contributed by atoms with E-state index in [1.165, 1.54) is 18.2 Å². The van der Waals surface area contributed by atoms with Gasteiger partial charge in [0, 0.05) is 28.4 Å². The van der Waals surface area contributed by atoms with Crippen molar-refractivity contribution in [2.24, 2.45) is 0 Å². The van der Waals surface area contributed by atoms with E-state index in [9.17, 15) is 13.2 Å². The van der Waals surface area contributed by atoms with Gasteiger partial charge in [0.1, 0.15) is 11.6 Å². The lowest BCUT2D eigenvalue weighted by Crippen LogP contribution is -2.17. The number of nitrogens with zero attached hydrogens (tertiary/aromatic N) is 2. The minimum Gasteiger partial charge on any atom is -0.406 e. The molecule has 168 valence electrons. The zero-order valence-electron chi connectivity index (χ0n) is 17.3. The van der Waals surface area contributed by atoms with Crippen molar-refractivity contribution in [3.05, 3.63) is 59.1 Å². The van der Waals surface area contributed by atoms with Gasteiger partial charge in [-0.05, 0) is 49.6 Å². The van der Waals surface area contributed by atoms with Crippen molar-refractivity contribution >= 4 is 29.1 Å². The van der Waals surface area contributed by atoms with Crippen LogP contribution < -0.4 is 15.4 Å². The first kappa shape index (κ1) is 22.2. The normalized spacial score (nSPS) is 14.4. The predicted molar refractivity (Wildman–Crippen MR) is 120 cm³/mol. The third kappa shape index (κ3) is 5.82. The number of aromatic nitrogens is 2. The average Bonchev–Trinajstić information content (AvgIpc) is 3.22. The molecule has 3 aromatic rings. The quantitative estimate of drug-likeness (QED) is 0.409. The summed E-state index contributed by atoms with van der Waals surface area (Å²) in [6.07, 6.45) is -0.434. The van der Waals surface area contributed by atoms with E-state index in [1.807, 2.05) is 19.1 Å². The number of alkyl halides is 3. The van der Waals surface area contributed by atoms with E-state index in [-0.39, 0.29) is 11.8 Å². The first-order valence-corrected chi connectivity index (χ1v) is 10.7. The van der Waals surface area contributed by atoms with Crippen molar-refractivity contribution in [1.29, 1.82) is 0 Å². The number of ether oxygens (including phenoxy) is 1. The molecule has 1 heterocycles. The molecular formula is C23H22ClF3N4O.